The Morgan fingerprint density at radius 3 is 2.24 bits per heavy atom. The monoisotopic (exact) mass is 443 g/mol. The minimum atomic E-state index is -4.74. The van der Waals surface area contributed by atoms with Crippen molar-refractivity contribution < 1.29 is 27.5 Å². The Morgan fingerprint density at radius 1 is 1.00 bits per heavy atom. The van der Waals surface area contributed by atoms with Crippen molar-refractivity contribution in [2.24, 2.45) is 0 Å². The summed E-state index contributed by atoms with van der Waals surface area (Å²) in [4.78, 5) is 26.0. The molecule has 0 N–H and O–H groups in total. The minimum Gasteiger partial charge on any atom is -0.494 e. The molecule has 152 valence electrons. The van der Waals surface area contributed by atoms with Crippen LogP contribution in [0.3, 0.4) is 0 Å². The van der Waals surface area contributed by atoms with Crippen LogP contribution in [0.4, 0.5) is 18.9 Å². The van der Waals surface area contributed by atoms with Crippen molar-refractivity contribution in [1.29, 1.82) is 0 Å². The summed E-state index contributed by atoms with van der Waals surface area (Å²) in [5, 5.41) is -0.914. The molecule has 1 aliphatic heterocycles. The van der Waals surface area contributed by atoms with Crippen molar-refractivity contribution in [2.75, 3.05) is 11.5 Å². The molecule has 1 heterocycles. The van der Waals surface area contributed by atoms with E-state index in [0.717, 1.165) is 18.6 Å². The van der Waals surface area contributed by atoms with E-state index in [9.17, 15) is 22.8 Å². The van der Waals surface area contributed by atoms with Gasteiger partial charge < -0.3 is 4.74 Å². The Labute approximate surface area is 174 Å². The van der Waals surface area contributed by atoms with E-state index in [1.54, 1.807) is 24.3 Å². The number of amides is 2. The lowest BCUT2D eigenvalue weighted by Gasteiger charge is -2.17. The molecule has 0 aliphatic carbocycles. The molecule has 2 aromatic rings. The number of anilines is 1. The van der Waals surface area contributed by atoms with Crippen LogP contribution in [0.1, 0.15) is 24.5 Å². The second-order valence-electron chi connectivity index (χ2n) is 6.17. The molecule has 0 saturated carbocycles. The van der Waals surface area contributed by atoms with Gasteiger partial charge in [0.25, 0.3) is 11.8 Å². The quantitative estimate of drug-likeness (QED) is 0.559. The number of ether oxygens (including phenoxy) is 1. The molecule has 4 nitrogen and oxygen atoms in total. The van der Waals surface area contributed by atoms with E-state index in [2.05, 4.69) is 0 Å². The highest BCUT2D eigenvalue weighted by atomic mass is 35.5. The van der Waals surface area contributed by atoms with Gasteiger partial charge in [0.15, 0.2) is 0 Å². The van der Waals surface area contributed by atoms with Crippen molar-refractivity contribution in [3.05, 3.63) is 63.6 Å². The number of carbonyl (C=O) groups excluding carboxylic acids is 2. The number of carbonyl (C=O) groups is 2. The predicted octanol–water partition coefficient (Wildman–Crippen LogP) is 5.67. The number of rotatable bonds is 5. The first kappa shape index (κ1) is 21.2. The summed E-state index contributed by atoms with van der Waals surface area (Å²) in [6.07, 6.45) is -3.92. The van der Waals surface area contributed by atoms with Gasteiger partial charge in [0.05, 0.1) is 28.5 Å². The fraction of sp³-hybridized carbons (Fsp3) is 0.200. The smallest absolute Gasteiger partial charge is 0.417 e. The zero-order valence-corrected chi connectivity index (χ0v) is 16.5. The highest BCUT2D eigenvalue weighted by molar-refractivity contribution is 6.60. The molecule has 0 bridgehead atoms. The maximum atomic E-state index is 13.1. The lowest BCUT2D eigenvalue weighted by atomic mass is 10.1. The van der Waals surface area contributed by atoms with Gasteiger partial charge in [-0.25, -0.2) is 4.90 Å². The topological polar surface area (TPSA) is 46.6 Å². The molecule has 29 heavy (non-hydrogen) atoms. The second kappa shape index (κ2) is 8.08. The Bertz CT molecular complexity index is 1000. The van der Waals surface area contributed by atoms with E-state index in [1.807, 2.05) is 6.92 Å². The Hall–Kier alpha value is -2.51. The first-order valence-electron chi connectivity index (χ1n) is 8.53. The zero-order valence-electron chi connectivity index (χ0n) is 15.0. The van der Waals surface area contributed by atoms with Crippen molar-refractivity contribution in [1.82, 2.24) is 0 Å². The summed E-state index contributed by atoms with van der Waals surface area (Å²) < 4.78 is 44.9. The molecule has 3 rings (SSSR count). The molecule has 2 aromatic carbocycles. The third-order valence-corrected chi connectivity index (χ3v) is 4.84. The number of alkyl halides is 3. The summed E-state index contributed by atoms with van der Waals surface area (Å²) in [7, 11) is 0. The number of benzene rings is 2. The Kier molecular flexibility index (Phi) is 5.91. The number of hydrogen-bond acceptors (Lipinski definition) is 3. The van der Waals surface area contributed by atoms with Gasteiger partial charge in [-0.15, -0.1) is 0 Å². The molecule has 0 atom stereocenters. The molecule has 2 amide bonds. The number of hydrogen-bond donors (Lipinski definition) is 0. The molecule has 0 unspecified atom stereocenters. The largest absolute Gasteiger partial charge is 0.494 e. The van der Waals surface area contributed by atoms with E-state index in [1.165, 1.54) is 0 Å². The molecule has 0 radical (unpaired) electrons. The first-order valence-corrected chi connectivity index (χ1v) is 9.29. The normalized spacial score (nSPS) is 14.8. The second-order valence-corrected chi connectivity index (χ2v) is 6.95. The van der Waals surface area contributed by atoms with Gasteiger partial charge in [-0.2, -0.15) is 13.2 Å². The van der Waals surface area contributed by atoms with Crippen LogP contribution in [-0.4, -0.2) is 18.4 Å². The lowest BCUT2D eigenvalue weighted by molar-refractivity contribution is -0.137. The molecule has 9 heteroatoms. The van der Waals surface area contributed by atoms with Gasteiger partial charge in [-0.3, -0.25) is 9.59 Å². The SMILES string of the molecule is CCCOc1ccc(C2=C(Cl)C(=O)N(c3ccc(Cl)c(C(F)(F)F)c3)C2=O)cc1. The van der Waals surface area contributed by atoms with Gasteiger partial charge in [-0.05, 0) is 42.3 Å². The van der Waals surface area contributed by atoms with Crippen LogP contribution in [0.2, 0.25) is 5.02 Å². The van der Waals surface area contributed by atoms with Crippen LogP contribution in [-0.2, 0) is 15.8 Å². The zero-order chi connectivity index (χ0) is 21.3. The van der Waals surface area contributed by atoms with Crippen LogP contribution < -0.4 is 9.64 Å². The highest BCUT2D eigenvalue weighted by Gasteiger charge is 2.41. The summed E-state index contributed by atoms with van der Waals surface area (Å²) in [6, 6.07) is 9.13. The number of halogens is 5. The van der Waals surface area contributed by atoms with Crippen LogP contribution >= 0.6 is 23.2 Å². The summed E-state index contributed by atoms with van der Waals surface area (Å²) in [5.74, 6) is -1.15. The molecule has 0 aromatic heterocycles. The molecule has 0 fully saturated rings. The van der Waals surface area contributed by atoms with Crippen molar-refractivity contribution >= 4 is 46.3 Å². The van der Waals surface area contributed by atoms with E-state index in [4.69, 9.17) is 27.9 Å². The summed E-state index contributed by atoms with van der Waals surface area (Å²) in [6.45, 7) is 2.48. The first-order chi connectivity index (χ1) is 13.6. The Morgan fingerprint density at radius 2 is 1.66 bits per heavy atom. The van der Waals surface area contributed by atoms with Gasteiger partial charge in [0.1, 0.15) is 10.8 Å². The predicted molar refractivity (Wildman–Crippen MR) is 104 cm³/mol. The average Bonchev–Trinajstić information content (AvgIpc) is 2.89. The average molecular weight is 444 g/mol. The van der Waals surface area contributed by atoms with Gasteiger partial charge in [0, 0.05) is 0 Å². The van der Waals surface area contributed by atoms with Crippen molar-refractivity contribution in [3.8, 4) is 5.75 Å². The molecule has 0 spiro atoms. The van der Waals surface area contributed by atoms with E-state index >= 15 is 0 Å². The van der Waals surface area contributed by atoms with Crippen LogP contribution in [0.15, 0.2) is 47.5 Å². The van der Waals surface area contributed by atoms with E-state index < -0.39 is 28.6 Å². The molecular weight excluding hydrogens is 430 g/mol. The Balaban J connectivity index is 1.95. The van der Waals surface area contributed by atoms with E-state index in [-0.39, 0.29) is 16.3 Å². The summed E-state index contributed by atoms with van der Waals surface area (Å²) >= 11 is 11.7. The third-order valence-electron chi connectivity index (χ3n) is 4.16. The van der Waals surface area contributed by atoms with Gasteiger partial charge >= 0.3 is 6.18 Å². The maximum Gasteiger partial charge on any atom is 0.417 e. The molecule has 1 aliphatic rings. The van der Waals surface area contributed by atoms with Crippen LogP contribution in [0.5, 0.6) is 5.75 Å². The van der Waals surface area contributed by atoms with Crippen molar-refractivity contribution in [2.45, 2.75) is 19.5 Å². The highest BCUT2D eigenvalue weighted by Crippen LogP contribution is 2.40. The lowest BCUT2D eigenvalue weighted by Crippen LogP contribution is -2.31. The van der Waals surface area contributed by atoms with Crippen LogP contribution in [0.25, 0.3) is 5.57 Å². The fourth-order valence-electron chi connectivity index (χ4n) is 2.80. The van der Waals surface area contributed by atoms with Gasteiger partial charge in [0.2, 0.25) is 0 Å². The molecule has 0 saturated heterocycles. The minimum absolute atomic E-state index is 0.0952. The van der Waals surface area contributed by atoms with E-state index in [0.29, 0.717) is 28.9 Å². The number of imide groups is 1. The maximum absolute atomic E-state index is 13.1. The third kappa shape index (κ3) is 4.11. The fourth-order valence-corrected chi connectivity index (χ4v) is 3.29. The molecular formula is C20H14Cl2F3NO3. The van der Waals surface area contributed by atoms with Crippen molar-refractivity contribution in [3.63, 3.8) is 0 Å². The standard InChI is InChI=1S/C20H14Cl2F3NO3/c1-2-9-29-13-6-3-11(4-7-13)16-17(22)19(28)26(18(16)27)12-5-8-15(21)14(10-12)20(23,24)25/h3-8,10H,2,9H2,1H3. The summed E-state index contributed by atoms with van der Waals surface area (Å²) in [5.41, 5.74) is -1.17. The van der Waals surface area contributed by atoms with Gasteiger partial charge in [-0.1, -0.05) is 42.3 Å². The number of nitrogens with zero attached hydrogens (tertiary/aromatic N) is 1. The van der Waals surface area contributed by atoms with Crippen LogP contribution in [0, 0.1) is 0 Å².